The van der Waals surface area contributed by atoms with Gasteiger partial charge in [-0.1, -0.05) is 124 Å². The van der Waals surface area contributed by atoms with Crippen LogP contribution in [0.4, 0.5) is 9.59 Å². The number of esters is 1. The summed E-state index contributed by atoms with van der Waals surface area (Å²) in [6.45, 7) is 13.2. The maximum Gasteiger partial charge on any atom is 0.508 e. The van der Waals surface area contributed by atoms with Crippen molar-refractivity contribution < 1.29 is 98.3 Å². The van der Waals surface area contributed by atoms with Gasteiger partial charge in [-0.15, -0.1) is 0 Å². The van der Waals surface area contributed by atoms with Gasteiger partial charge < -0.3 is 89.8 Å². The number of alkyl carbamates (subject to hydrolysis) is 1. The summed E-state index contributed by atoms with van der Waals surface area (Å²) >= 11 is 0. The number of allylic oxidation sites excluding steroid dienone is 12. The molecule has 2 amide bonds. The van der Waals surface area contributed by atoms with Crippen molar-refractivity contribution in [2.75, 3.05) is 13.2 Å². The summed E-state index contributed by atoms with van der Waals surface area (Å²) in [5.41, 5.74) is 0. The van der Waals surface area contributed by atoms with Gasteiger partial charge in [-0.2, -0.15) is 0 Å². The number of hydrogen-bond acceptors (Lipinski definition) is 20. The minimum absolute atomic E-state index is 0.138. The van der Waals surface area contributed by atoms with Crippen LogP contribution in [0.5, 0.6) is 0 Å². The highest BCUT2D eigenvalue weighted by atomic mass is 16.7. The van der Waals surface area contributed by atoms with E-state index in [0.29, 0.717) is 6.41 Å². The highest BCUT2D eigenvalue weighted by Gasteiger charge is 2.51. The molecule has 0 unspecified atom stereocenters. The van der Waals surface area contributed by atoms with Gasteiger partial charge in [-0.25, -0.2) is 9.59 Å². The summed E-state index contributed by atoms with van der Waals surface area (Å²) in [6.07, 6.45) is 3.24. The monoisotopic (exact) mass is 1090 g/mol. The molecule has 3 aliphatic heterocycles. The molecule has 0 radical (unpaired) electrons. The van der Waals surface area contributed by atoms with Crippen LogP contribution in [0.25, 0.3) is 0 Å². The van der Waals surface area contributed by atoms with Gasteiger partial charge in [0.1, 0.15) is 37.6 Å². The van der Waals surface area contributed by atoms with Crippen LogP contribution in [0, 0.1) is 11.8 Å². The molecular weight excluding hydrogens is 1010 g/mol. The van der Waals surface area contributed by atoms with E-state index < -0.39 is 153 Å². The van der Waals surface area contributed by atoms with Gasteiger partial charge in [0.15, 0.2) is 12.1 Å². The van der Waals surface area contributed by atoms with Crippen LogP contribution in [0.3, 0.4) is 0 Å². The Morgan fingerprint density at radius 1 is 0.701 bits per heavy atom. The van der Waals surface area contributed by atoms with Gasteiger partial charge in [0.05, 0.1) is 73.4 Å². The number of amides is 2. The first-order valence-corrected chi connectivity index (χ1v) is 25.8. The molecule has 2 saturated heterocycles. The van der Waals surface area contributed by atoms with Crippen molar-refractivity contribution >= 4 is 24.6 Å². The summed E-state index contributed by atoms with van der Waals surface area (Å²) in [6, 6.07) is -2.60. The maximum absolute atomic E-state index is 12.9. The molecule has 11 N–H and O–H groups in total. The largest absolute Gasteiger partial charge is 0.508 e. The highest BCUT2D eigenvalue weighted by molar-refractivity contribution is 5.70. The van der Waals surface area contributed by atoms with Crippen molar-refractivity contribution in [3.8, 4) is 0 Å². The third-order valence-electron chi connectivity index (χ3n) is 13.1. The molecule has 0 aromatic carbocycles. The molecule has 2 bridgehead atoms. The molecule has 22 nitrogen and oxygen atoms in total. The predicted octanol–water partition coefficient (Wildman–Crippen LogP) is 2.43. The first-order valence-electron chi connectivity index (χ1n) is 25.8. The molecule has 0 aromatic rings. The molecule has 0 aromatic heterocycles. The van der Waals surface area contributed by atoms with Crippen LogP contribution in [0.15, 0.2) is 110 Å². The normalized spacial score (nSPS) is 39.8. The Bertz CT molecular complexity index is 2040. The minimum Gasteiger partial charge on any atom is -0.462 e. The number of carbonyl (C=O) groups is 4. The molecule has 0 aliphatic carbocycles. The van der Waals surface area contributed by atoms with Crippen molar-refractivity contribution in [1.82, 2.24) is 10.6 Å². The molecule has 77 heavy (non-hydrogen) atoms. The Balaban J connectivity index is 2.02. The number of cyclic esters (lactones) is 1. The molecule has 0 spiro atoms. The zero-order chi connectivity index (χ0) is 57.1. The lowest BCUT2D eigenvalue weighted by Gasteiger charge is -2.47. The van der Waals surface area contributed by atoms with E-state index in [1.165, 1.54) is 25.2 Å². The standard InChI is InChI=1S/C55H82N2O20/c1-7-25-71-53(68)57-48-50(66)37(6)74-52(51(48)67)75-41-22-20-18-16-14-12-10-9-11-13-15-17-19-21-34(3)49(65)35(4)36(5)73-46(64)29-39(60)27-38(59)23-24-42(62)43(63)28-40(61)31-55(70)32-45(76-54(69)72-26-8-2)47(56-33-58)44(30-41)77-55/h7-22,33-45,47-52,59-63,65-67,70H,1-2,23-32H2,3-6H3,(H,56,58)(H,57,68)/b10-9+,13-11+,14-12+,17-15+,18-16+,21-19+,22-20+/t34-,35-,36-,37+,38+,39+,40-,41-,42+,43+,44-,45-,47-,48-,49+,50+,51-,52-,55+/m0/s1. The number of ether oxygens (including phenoxy) is 7. The number of hydrogen-bond donors (Lipinski definition) is 11. The quantitative estimate of drug-likeness (QED) is 0.0648. The average molecular weight is 1090 g/mol. The number of carbonyl (C=O) groups excluding carboxylic acids is 4. The average Bonchev–Trinajstić information content (AvgIpc) is 3.37. The van der Waals surface area contributed by atoms with Crippen LogP contribution < -0.4 is 10.6 Å². The van der Waals surface area contributed by atoms with Crippen LogP contribution in [0.2, 0.25) is 0 Å². The maximum atomic E-state index is 12.9. The molecule has 3 aliphatic rings. The fourth-order valence-electron chi connectivity index (χ4n) is 8.77. The summed E-state index contributed by atoms with van der Waals surface area (Å²) in [4.78, 5) is 50.3. The highest BCUT2D eigenvalue weighted by Crippen LogP contribution is 2.37. The first kappa shape index (κ1) is 65.9. The van der Waals surface area contributed by atoms with E-state index in [-0.39, 0.29) is 44.8 Å². The molecule has 0 saturated carbocycles. The molecule has 3 heterocycles. The van der Waals surface area contributed by atoms with E-state index in [1.807, 2.05) is 13.0 Å². The summed E-state index contributed by atoms with van der Waals surface area (Å²) in [5, 5.41) is 105. The van der Waals surface area contributed by atoms with E-state index >= 15 is 0 Å². The van der Waals surface area contributed by atoms with Gasteiger partial charge in [-0.3, -0.25) is 9.59 Å². The third kappa shape index (κ3) is 23.7. The van der Waals surface area contributed by atoms with Crippen LogP contribution in [0.1, 0.15) is 79.1 Å². The topological polar surface area (TPSA) is 339 Å². The molecule has 3 rings (SSSR count). The van der Waals surface area contributed by atoms with E-state index in [4.69, 9.17) is 33.2 Å². The number of nitrogens with one attached hydrogen (secondary N) is 2. The second-order valence-corrected chi connectivity index (χ2v) is 19.4. The minimum atomic E-state index is -2.38. The fourth-order valence-corrected chi connectivity index (χ4v) is 8.77. The van der Waals surface area contributed by atoms with Gasteiger partial charge in [0.25, 0.3) is 0 Å². The summed E-state index contributed by atoms with van der Waals surface area (Å²) in [7, 11) is 0. The first-order chi connectivity index (χ1) is 36.6. The SMILES string of the molecule is C=CCOC(=O)N[C@@H]1[C@H](O)[C@H](O[C@H]2/C=C/C=C/C=C/C=C/C=C/C=C/C=C/[C@H](C)[C@@H](O)[C@@H](C)[C@H](C)OC(=O)C[C@H](O)C[C@H](O)CC[C@@H](O)[C@H](O)C[C@H](O)C[C@]3(O)C[C@H](OC(=O)OCC=C)[C@@H](NC=O)[C@H](C2)O3)O[C@H](C)[C@H]1O. The van der Waals surface area contributed by atoms with Gasteiger partial charge in [0.2, 0.25) is 6.41 Å². The van der Waals surface area contributed by atoms with Crippen LogP contribution >= 0.6 is 0 Å². The molecule has 432 valence electrons. The Kier molecular flexibility index (Phi) is 29.6. The summed E-state index contributed by atoms with van der Waals surface area (Å²) < 4.78 is 39.5. The predicted molar refractivity (Wildman–Crippen MR) is 280 cm³/mol. The van der Waals surface area contributed by atoms with E-state index in [9.17, 15) is 65.1 Å². The number of aliphatic hydroxyl groups is 9. The molecule has 19 atom stereocenters. The lowest BCUT2D eigenvalue weighted by atomic mass is 9.86. The Morgan fingerprint density at radius 3 is 1.91 bits per heavy atom. The Labute approximate surface area is 450 Å². The lowest BCUT2D eigenvalue weighted by molar-refractivity contribution is -0.304. The second-order valence-electron chi connectivity index (χ2n) is 19.4. The van der Waals surface area contributed by atoms with Gasteiger partial charge in [0, 0.05) is 37.5 Å². The second kappa shape index (κ2) is 34.5. The third-order valence-corrected chi connectivity index (χ3v) is 13.1. The number of fused-ring (bicyclic) bond motifs is 2. The van der Waals surface area contributed by atoms with Crippen molar-refractivity contribution in [2.24, 2.45) is 11.8 Å². The van der Waals surface area contributed by atoms with Crippen molar-refractivity contribution in [2.45, 2.75) is 183 Å². The Hall–Kier alpha value is -5.34. The van der Waals surface area contributed by atoms with E-state index in [1.54, 1.807) is 86.8 Å². The zero-order valence-electron chi connectivity index (χ0n) is 44.2. The van der Waals surface area contributed by atoms with Gasteiger partial charge in [-0.05, 0) is 33.1 Å². The Morgan fingerprint density at radius 2 is 1.30 bits per heavy atom. The zero-order valence-corrected chi connectivity index (χ0v) is 44.2. The van der Waals surface area contributed by atoms with E-state index in [0.717, 1.165) is 0 Å². The summed E-state index contributed by atoms with van der Waals surface area (Å²) in [5.74, 6) is -3.91. The van der Waals surface area contributed by atoms with Crippen LogP contribution in [-0.2, 0) is 42.7 Å². The fraction of sp³-hybridized carbons (Fsp3) is 0.600. The number of aliphatic hydroxyl groups excluding tert-OH is 8. The van der Waals surface area contributed by atoms with Crippen molar-refractivity contribution in [3.05, 3.63) is 110 Å². The molecule has 22 heteroatoms. The van der Waals surface area contributed by atoms with Crippen molar-refractivity contribution in [1.29, 1.82) is 0 Å². The van der Waals surface area contributed by atoms with Gasteiger partial charge >= 0.3 is 18.2 Å². The van der Waals surface area contributed by atoms with E-state index in [2.05, 4.69) is 23.8 Å². The molecule has 2 fully saturated rings. The number of rotatable bonds is 10. The smallest absolute Gasteiger partial charge is 0.462 e. The van der Waals surface area contributed by atoms with Crippen LogP contribution in [-0.4, -0.2) is 187 Å². The van der Waals surface area contributed by atoms with Crippen molar-refractivity contribution in [3.63, 3.8) is 0 Å². The molecular formula is C55H82N2O20. The lowest BCUT2D eigenvalue weighted by Crippen LogP contribution is -2.64.